The first kappa shape index (κ1) is 23.9. The molecule has 0 aliphatic rings. The van der Waals surface area contributed by atoms with Crippen LogP contribution >= 0.6 is 24.7 Å². The third kappa shape index (κ3) is 4.69. The molecule has 0 saturated heterocycles. The number of hydrogen-bond donors (Lipinski definition) is 2. The van der Waals surface area contributed by atoms with Crippen molar-refractivity contribution in [3.05, 3.63) is 121 Å². The minimum absolute atomic E-state index is 0.827. The van der Waals surface area contributed by atoms with Gasteiger partial charge in [-0.2, -0.15) is 0 Å². The van der Waals surface area contributed by atoms with Gasteiger partial charge in [-0.25, -0.2) is 0 Å². The predicted molar refractivity (Wildman–Crippen MR) is 147 cm³/mol. The average Bonchev–Trinajstić information content (AvgIpc) is 2.85. The van der Waals surface area contributed by atoms with Crippen LogP contribution in [-0.4, -0.2) is 19.1 Å². The van der Waals surface area contributed by atoms with Gasteiger partial charge in [0.2, 0.25) is 0 Å². The normalized spacial score (nSPS) is 13.3. The van der Waals surface area contributed by atoms with Crippen LogP contribution in [0.2, 0.25) is 0 Å². The summed E-state index contributed by atoms with van der Waals surface area (Å²) in [6.45, 7) is 0. The van der Waals surface area contributed by atoms with Crippen LogP contribution in [0.25, 0.3) is 0 Å². The zero-order chi connectivity index (χ0) is 23.4. The van der Waals surface area contributed by atoms with Gasteiger partial charge >= 0.3 is 202 Å². The standard InChI is InChI=1S/C26H29ClN4P2/c1-31(2)29-32(23-15-7-3-8-16-23,24-17-9-4-10-18-24)30-33(27,28,25-19-11-5-12-20-25)26-21-13-6-14-22-26/h3-22,29H,28H2,1-2H3. The van der Waals surface area contributed by atoms with E-state index in [4.69, 9.17) is 21.3 Å². The van der Waals surface area contributed by atoms with Crippen LogP contribution in [-0.2, 0) is 0 Å². The first-order valence-electron chi connectivity index (χ1n) is 10.7. The first-order valence-corrected chi connectivity index (χ1v) is 15.6. The second kappa shape index (κ2) is 9.52. The SMILES string of the molecule is CN(C)NP(=NP(N)(Cl)(c1ccccc1)c1ccccc1)(c1ccccc1)c1ccccc1. The van der Waals surface area contributed by atoms with Crippen LogP contribution in [0.3, 0.4) is 0 Å². The van der Waals surface area contributed by atoms with Crippen molar-refractivity contribution in [2.24, 2.45) is 10.0 Å². The monoisotopic (exact) mass is 494 g/mol. The summed E-state index contributed by atoms with van der Waals surface area (Å²) in [5.74, 6) is 0. The fourth-order valence-corrected chi connectivity index (χ4v) is 13.5. The van der Waals surface area contributed by atoms with Gasteiger partial charge in [0.15, 0.2) is 0 Å². The summed E-state index contributed by atoms with van der Waals surface area (Å²) in [5.41, 5.74) is 7.42. The number of hydrogen-bond acceptors (Lipinski definition) is 3. The number of nitrogens with zero attached hydrogens (tertiary/aromatic N) is 2. The van der Waals surface area contributed by atoms with Gasteiger partial charge in [-0.3, -0.25) is 0 Å². The quantitative estimate of drug-likeness (QED) is 0.282. The van der Waals surface area contributed by atoms with Gasteiger partial charge in [0.05, 0.1) is 0 Å². The van der Waals surface area contributed by atoms with Crippen molar-refractivity contribution < 1.29 is 0 Å². The van der Waals surface area contributed by atoms with E-state index >= 15 is 0 Å². The van der Waals surface area contributed by atoms with Gasteiger partial charge in [0, 0.05) is 0 Å². The van der Waals surface area contributed by atoms with E-state index in [1.165, 1.54) is 0 Å². The topological polar surface area (TPSA) is 53.6 Å². The summed E-state index contributed by atoms with van der Waals surface area (Å²) in [4.78, 5) is 0. The summed E-state index contributed by atoms with van der Waals surface area (Å²) < 4.78 is 5.62. The Morgan fingerprint density at radius 3 is 1.33 bits per heavy atom. The van der Waals surface area contributed by atoms with Crippen molar-refractivity contribution in [2.75, 3.05) is 14.1 Å². The Balaban J connectivity index is 2.19. The third-order valence-electron chi connectivity index (χ3n) is 5.41. The van der Waals surface area contributed by atoms with Crippen LogP contribution in [0.5, 0.6) is 0 Å². The molecule has 4 aromatic rings. The first-order chi connectivity index (χ1) is 15.8. The predicted octanol–water partition coefficient (Wildman–Crippen LogP) is 4.97. The molecule has 7 heteroatoms. The molecule has 0 bridgehead atoms. The van der Waals surface area contributed by atoms with Crippen molar-refractivity contribution in [2.45, 2.75) is 0 Å². The van der Waals surface area contributed by atoms with Gasteiger partial charge in [0.25, 0.3) is 0 Å². The van der Waals surface area contributed by atoms with E-state index in [0.29, 0.717) is 0 Å². The molecular weight excluding hydrogens is 466 g/mol. The molecule has 4 rings (SSSR count). The van der Waals surface area contributed by atoms with Crippen molar-refractivity contribution in [3.8, 4) is 0 Å². The Hall–Kier alpha value is -2.29. The summed E-state index contributed by atoms with van der Waals surface area (Å²) in [6, 6.07) is 40.3. The zero-order valence-electron chi connectivity index (χ0n) is 18.8. The Morgan fingerprint density at radius 1 is 0.667 bits per heavy atom. The van der Waals surface area contributed by atoms with Gasteiger partial charge in [-0.1, -0.05) is 0 Å². The van der Waals surface area contributed by atoms with E-state index < -0.39 is 13.5 Å². The van der Waals surface area contributed by atoms with E-state index in [0.717, 1.165) is 21.2 Å². The molecule has 4 nitrogen and oxygen atoms in total. The fraction of sp³-hybridized carbons (Fsp3) is 0.0769. The van der Waals surface area contributed by atoms with Crippen molar-refractivity contribution in [1.29, 1.82) is 0 Å². The van der Waals surface area contributed by atoms with E-state index in [1.54, 1.807) is 0 Å². The molecule has 0 aliphatic heterocycles. The summed E-state index contributed by atoms with van der Waals surface area (Å²) in [7, 11) is 1.27. The molecular formula is C26H29ClN4P2. The number of rotatable bonds is 7. The Kier molecular flexibility index (Phi) is 6.88. The number of benzene rings is 4. The summed E-state index contributed by atoms with van der Waals surface area (Å²) >= 11 is 7.72. The van der Waals surface area contributed by atoms with Crippen molar-refractivity contribution in [1.82, 2.24) is 10.2 Å². The van der Waals surface area contributed by atoms with Gasteiger partial charge in [-0.15, -0.1) is 0 Å². The van der Waals surface area contributed by atoms with E-state index in [9.17, 15) is 0 Å². The number of nitrogens with two attached hydrogens (primary N) is 1. The molecule has 0 fully saturated rings. The molecule has 0 atom stereocenters. The van der Waals surface area contributed by atoms with Crippen LogP contribution in [0.15, 0.2) is 126 Å². The van der Waals surface area contributed by atoms with Crippen LogP contribution < -0.4 is 31.9 Å². The molecule has 0 aliphatic carbocycles. The van der Waals surface area contributed by atoms with Crippen molar-refractivity contribution >= 4 is 45.9 Å². The number of halogens is 1. The third-order valence-corrected chi connectivity index (χ3v) is 15.0. The molecule has 0 aromatic heterocycles. The summed E-state index contributed by atoms with van der Waals surface area (Å²) in [5, 5.41) is 9.40. The van der Waals surface area contributed by atoms with E-state index in [-0.39, 0.29) is 0 Å². The molecule has 0 amide bonds. The van der Waals surface area contributed by atoms with Crippen LogP contribution in [0.4, 0.5) is 0 Å². The molecule has 3 N–H and O–H groups in total. The molecule has 33 heavy (non-hydrogen) atoms. The molecule has 0 radical (unpaired) electrons. The Morgan fingerprint density at radius 2 is 1.00 bits per heavy atom. The Bertz CT molecular complexity index is 1160. The van der Waals surface area contributed by atoms with Crippen LogP contribution in [0.1, 0.15) is 0 Å². The molecule has 0 spiro atoms. The fourth-order valence-electron chi connectivity index (χ4n) is 3.90. The average molecular weight is 495 g/mol. The molecule has 0 heterocycles. The molecule has 170 valence electrons. The second-order valence-electron chi connectivity index (χ2n) is 8.09. The molecule has 4 aromatic carbocycles. The zero-order valence-corrected chi connectivity index (χ0v) is 21.3. The van der Waals surface area contributed by atoms with Gasteiger partial charge in [-0.05, 0) is 0 Å². The van der Waals surface area contributed by atoms with Crippen molar-refractivity contribution in [3.63, 3.8) is 0 Å². The maximum atomic E-state index is 7.72. The van der Waals surface area contributed by atoms with E-state index in [2.05, 4.69) is 29.5 Å². The van der Waals surface area contributed by atoms with E-state index in [1.807, 2.05) is 116 Å². The molecule has 0 unspecified atom stereocenters. The Labute approximate surface area is 201 Å². The minimum atomic E-state index is -4.02. The van der Waals surface area contributed by atoms with Gasteiger partial charge in [0.1, 0.15) is 0 Å². The summed E-state index contributed by atoms with van der Waals surface area (Å²) in [6.07, 6.45) is -4.02. The number of nitrogens with one attached hydrogen (secondary N) is 1. The molecule has 0 saturated carbocycles. The second-order valence-corrected chi connectivity index (χ2v) is 16.4. The number of hydrazine groups is 1. The van der Waals surface area contributed by atoms with Crippen LogP contribution in [0, 0.1) is 0 Å². The maximum absolute atomic E-state index is 7.72. The van der Waals surface area contributed by atoms with Gasteiger partial charge < -0.3 is 0 Å².